The van der Waals surface area contributed by atoms with Crippen molar-refractivity contribution in [1.82, 2.24) is 19.1 Å². The lowest BCUT2D eigenvalue weighted by Gasteiger charge is -2.38. The third kappa shape index (κ3) is 2.01. The summed E-state index contributed by atoms with van der Waals surface area (Å²) in [4.78, 5) is 25.5. The van der Waals surface area contributed by atoms with Gasteiger partial charge in [-0.05, 0) is 12.1 Å². The molecule has 0 spiro atoms. The molecule has 100 valence electrons. The third-order valence-electron chi connectivity index (χ3n) is 3.34. The molecule has 2 aromatic heterocycles. The number of hydrogen-bond donors (Lipinski definition) is 1. The normalized spacial score (nSPS) is 15.7. The van der Waals surface area contributed by atoms with E-state index < -0.39 is 0 Å². The number of aliphatic hydroxyl groups excluding tert-OH is 1. The van der Waals surface area contributed by atoms with Gasteiger partial charge in [-0.1, -0.05) is 6.07 Å². The highest BCUT2D eigenvalue weighted by Crippen LogP contribution is 2.14. The van der Waals surface area contributed by atoms with Crippen LogP contribution in [0.4, 0.5) is 0 Å². The van der Waals surface area contributed by atoms with E-state index in [1.807, 2.05) is 0 Å². The van der Waals surface area contributed by atoms with Crippen molar-refractivity contribution < 1.29 is 9.90 Å². The second-order valence-corrected chi connectivity index (χ2v) is 4.72. The molecule has 1 saturated heterocycles. The lowest BCUT2D eigenvalue weighted by molar-refractivity contribution is -0.139. The van der Waals surface area contributed by atoms with Crippen LogP contribution in [0.2, 0.25) is 0 Å². The van der Waals surface area contributed by atoms with Crippen LogP contribution in [0, 0.1) is 5.92 Å². The highest BCUT2D eigenvalue weighted by Gasteiger charge is 2.30. The topological polar surface area (TPSA) is 79.8 Å². The van der Waals surface area contributed by atoms with Crippen LogP contribution in [0.5, 0.6) is 0 Å². The number of fused-ring (bicyclic) bond motifs is 1. The van der Waals surface area contributed by atoms with E-state index in [2.05, 4.69) is 5.10 Å². The first-order valence-electron chi connectivity index (χ1n) is 6.12. The largest absolute Gasteiger partial charge is 0.396 e. The summed E-state index contributed by atoms with van der Waals surface area (Å²) in [5.74, 6) is 0.0250. The van der Waals surface area contributed by atoms with Crippen LogP contribution >= 0.6 is 0 Å². The van der Waals surface area contributed by atoms with E-state index >= 15 is 0 Å². The predicted molar refractivity (Wildman–Crippen MR) is 66.6 cm³/mol. The number of aliphatic hydroxyl groups is 1. The van der Waals surface area contributed by atoms with Crippen molar-refractivity contribution in [3.8, 4) is 0 Å². The number of pyridine rings is 1. The predicted octanol–water partition coefficient (Wildman–Crippen LogP) is -1.05. The Labute approximate surface area is 108 Å². The first-order chi connectivity index (χ1) is 9.19. The van der Waals surface area contributed by atoms with Gasteiger partial charge < -0.3 is 10.0 Å². The SMILES string of the molecule is O=C(Cn1nc2ccccn2c1=O)N1CC(CO)C1. The maximum Gasteiger partial charge on any atom is 0.350 e. The fourth-order valence-electron chi connectivity index (χ4n) is 2.19. The molecule has 1 aliphatic heterocycles. The van der Waals surface area contributed by atoms with E-state index in [0.29, 0.717) is 18.7 Å². The van der Waals surface area contributed by atoms with Crippen LogP contribution in [0.15, 0.2) is 29.2 Å². The molecule has 7 nitrogen and oxygen atoms in total. The Morgan fingerprint density at radius 2 is 2.21 bits per heavy atom. The molecule has 1 fully saturated rings. The Hall–Kier alpha value is -2.15. The molecule has 3 rings (SSSR count). The first kappa shape index (κ1) is 11.9. The van der Waals surface area contributed by atoms with Gasteiger partial charge in [0.2, 0.25) is 5.91 Å². The number of rotatable bonds is 3. The number of nitrogens with zero attached hydrogens (tertiary/aromatic N) is 4. The molecule has 0 bridgehead atoms. The Morgan fingerprint density at radius 3 is 2.89 bits per heavy atom. The van der Waals surface area contributed by atoms with Gasteiger partial charge >= 0.3 is 5.69 Å². The van der Waals surface area contributed by atoms with Crippen molar-refractivity contribution in [2.45, 2.75) is 6.54 Å². The van der Waals surface area contributed by atoms with Gasteiger partial charge in [-0.15, -0.1) is 5.10 Å². The van der Waals surface area contributed by atoms with Gasteiger partial charge in [0, 0.05) is 31.8 Å². The highest BCUT2D eigenvalue weighted by atomic mass is 16.3. The fraction of sp³-hybridized carbons (Fsp3) is 0.417. The summed E-state index contributed by atoms with van der Waals surface area (Å²) in [5.41, 5.74) is 0.209. The van der Waals surface area contributed by atoms with Crippen LogP contribution in [-0.2, 0) is 11.3 Å². The van der Waals surface area contributed by atoms with Crippen LogP contribution in [0.3, 0.4) is 0 Å². The summed E-state index contributed by atoms with van der Waals surface area (Å²) < 4.78 is 2.57. The smallest absolute Gasteiger partial charge is 0.350 e. The van der Waals surface area contributed by atoms with E-state index in [1.165, 1.54) is 9.08 Å². The molecule has 0 radical (unpaired) electrons. The average molecular weight is 262 g/mol. The first-order valence-corrected chi connectivity index (χ1v) is 6.12. The molecular weight excluding hydrogens is 248 g/mol. The third-order valence-corrected chi connectivity index (χ3v) is 3.34. The van der Waals surface area contributed by atoms with E-state index in [9.17, 15) is 9.59 Å². The van der Waals surface area contributed by atoms with Crippen LogP contribution < -0.4 is 5.69 Å². The molecule has 0 aliphatic carbocycles. The number of likely N-dealkylation sites (tertiary alicyclic amines) is 1. The molecule has 0 aromatic carbocycles. The lowest BCUT2D eigenvalue weighted by atomic mass is 10.0. The number of amides is 1. The standard InChI is InChI=1S/C12H14N4O3/c17-8-9-5-14(6-9)11(18)7-16-12(19)15-4-2-1-3-10(15)13-16/h1-4,9,17H,5-8H2. The Balaban J connectivity index is 1.77. The quantitative estimate of drug-likeness (QED) is 0.765. The second-order valence-electron chi connectivity index (χ2n) is 4.72. The molecule has 1 aliphatic rings. The molecule has 3 heterocycles. The number of carbonyl (C=O) groups is 1. The molecule has 1 N–H and O–H groups in total. The van der Waals surface area contributed by atoms with Crippen molar-refractivity contribution in [3.05, 3.63) is 34.9 Å². The summed E-state index contributed by atoms with van der Waals surface area (Å²) in [7, 11) is 0. The molecule has 0 saturated carbocycles. The number of carbonyl (C=O) groups excluding carboxylic acids is 1. The van der Waals surface area contributed by atoms with E-state index in [1.54, 1.807) is 29.3 Å². The van der Waals surface area contributed by atoms with Crippen molar-refractivity contribution in [2.75, 3.05) is 19.7 Å². The Bertz CT molecular complexity index is 669. The molecule has 1 amide bonds. The summed E-state index contributed by atoms with van der Waals surface area (Å²) >= 11 is 0. The molecule has 0 atom stereocenters. The van der Waals surface area contributed by atoms with Crippen LogP contribution in [-0.4, -0.2) is 49.8 Å². The minimum absolute atomic E-state index is 0.0569. The molecular formula is C12H14N4O3. The molecule has 2 aromatic rings. The zero-order valence-electron chi connectivity index (χ0n) is 10.3. The zero-order valence-corrected chi connectivity index (χ0v) is 10.3. The highest BCUT2D eigenvalue weighted by molar-refractivity contribution is 5.76. The summed E-state index contributed by atoms with van der Waals surface area (Å²) in [5, 5.41) is 13.0. The fourth-order valence-corrected chi connectivity index (χ4v) is 2.19. The van der Waals surface area contributed by atoms with Gasteiger partial charge in [0.1, 0.15) is 6.54 Å². The number of aromatic nitrogens is 3. The van der Waals surface area contributed by atoms with Crippen LogP contribution in [0.25, 0.3) is 5.65 Å². The van der Waals surface area contributed by atoms with Gasteiger partial charge in [-0.3, -0.25) is 9.20 Å². The van der Waals surface area contributed by atoms with E-state index in [0.717, 1.165) is 0 Å². The van der Waals surface area contributed by atoms with Gasteiger partial charge in [-0.2, -0.15) is 0 Å². The Morgan fingerprint density at radius 1 is 1.42 bits per heavy atom. The van der Waals surface area contributed by atoms with Gasteiger partial charge in [-0.25, -0.2) is 9.48 Å². The van der Waals surface area contributed by atoms with Crippen molar-refractivity contribution in [3.63, 3.8) is 0 Å². The lowest BCUT2D eigenvalue weighted by Crippen LogP contribution is -2.52. The van der Waals surface area contributed by atoms with Crippen LogP contribution in [0.1, 0.15) is 0 Å². The summed E-state index contributed by atoms with van der Waals surface area (Å²) in [6.45, 7) is 1.14. The number of hydrogen-bond acceptors (Lipinski definition) is 4. The monoisotopic (exact) mass is 262 g/mol. The molecule has 19 heavy (non-hydrogen) atoms. The summed E-state index contributed by atoms with van der Waals surface area (Å²) in [6.07, 6.45) is 1.62. The van der Waals surface area contributed by atoms with Crippen molar-refractivity contribution in [1.29, 1.82) is 0 Å². The maximum absolute atomic E-state index is 12.0. The van der Waals surface area contributed by atoms with E-state index in [-0.39, 0.29) is 30.7 Å². The minimum atomic E-state index is -0.316. The zero-order chi connectivity index (χ0) is 13.4. The van der Waals surface area contributed by atoms with Crippen molar-refractivity contribution >= 4 is 11.6 Å². The maximum atomic E-state index is 12.0. The Kier molecular flexibility index (Phi) is 2.83. The molecule has 0 unspecified atom stereocenters. The average Bonchev–Trinajstić information content (AvgIpc) is 2.66. The van der Waals surface area contributed by atoms with E-state index in [4.69, 9.17) is 5.11 Å². The minimum Gasteiger partial charge on any atom is -0.396 e. The molecule has 7 heteroatoms. The van der Waals surface area contributed by atoms with Gasteiger partial charge in [0.05, 0.1) is 0 Å². The summed E-state index contributed by atoms with van der Waals surface area (Å²) in [6, 6.07) is 5.24. The van der Waals surface area contributed by atoms with Gasteiger partial charge in [0.15, 0.2) is 5.65 Å². The van der Waals surface area contributed by atoms with Gasteiger partial charge in [0.25, 0.3) is 0 Å². The second kappa shape index (κ2) is 4.51. The van der Waals surface area contributed by atoms with Crippen molar-refractivity contribution in [2.24, 2.45) is 5.92 Å².